The summed E-state index contributed by atoms with van der Waals surface area (Å²) in [6, 6.07) is 0.250. The van der Waals surface area contributed by atoms with E-state index >= 15 is 0 Å². The summed E-state index contributed by atoms with van der Waals surface area (Å²) < 4.78 is 0. The molecule has 2 N–H and O–H groups in total. The molecule has 4 nitrogen and oxygen atoms in total. The molecule has 1 atom stereocenters. The van der Waals surface area contributed by atoms with E-state index in [4.69, 9.17) is 0 Å². The highest BCUT2D eigenvalue weighted by Gasteiger charge is 2.11. The van der Waals surface area contributed by atoms with Gasteiger partial charge in [0.2, 0.25) is 0 Å². The zero-order valence-electron chi connectivity index (χ0n) is 9.46. The van der Waals surface area contributed by atoms with Gasteiger partial charge in [-0.2, -0.15) is 5.10 Å². The molecule has 0 amide bonds. The van der Waals surface area contributed by atoms with Gasteiger partial charge >= 0.3 is 0 Å². The fourth-order valence-electron chi connectivity index (χ4n) is 1.18. The number of H-pyrrole nitrogens is 1. The Kier molecular flexibility index (Phi) is 3.63. The summed E-state index contributed by atoms with van der Waals surface area (Å²) in [7, 11) is 0. The SMILES string of the molecule is CC(NCCC(C)(C)C)c1ncn[nH]1. The number of aromatic nitrogens is 3. The number of nitrogens with one attached hydrogen (secondary N) is 2. The van der Waals surface area contributed by atoms with Gasteiger partial charge in [-0.15, -0.1) is 0 Å². The van der Waals surface area contributed by atoms with Crippen LogP contribution >= 0.6 is 0 Å². The highest BCUT2D eigenvalue weighted by atomic mass is 15.2. The van der Waals surface area contributed by atoms with Crippen LogP contribution in [0.4, 0.5) is 0 Å². The van der Waals surface area contributed by atoms with Gasteiger partial charge in [0.1, 0.15) is 12.2 Å². The first kappa shape index (κ1) is 11.2. The van der Waals surface area contributed by atoms with Crippen LogP contribution in [0.1, 0.15) is 46.0 Å². The van der Waals surface area contributed by atoms with Crippen molar-refractivity contribution in [1.82, 2.24) is 20.5 Å². The molecular formula is C10H20N4. The third-order valence-electron chi connectivity index (χ3n) is 2.17. The molecule has 0 bridgehead atoms. The van der Waals surface area contributed by atoms with Crippen molar-refractivity contribution in [2.75, 3.05) is 6.54 Å². The Morgan fingerprint density at radius 2 is 2.21 bits per heavy atom. The topological polar surface area (TPSA) is 53.6 Å². The predicted molar refractivity (Wildman–Crippen MR) is 56.9 cm³/mol. The molecule has 14 heavy (non-hydrogen) atoms. The van der Waals surface area contributed by atoms with Gasteiger partial charge in [0.25, 0.3) is 0 Å². The maximum atomic E-state index is 4.10. The highest BCUT2D eigenvalue weighted by molar-refractivity contribution is 4.88. The summed E-state index contributed by atoms with van der Waals surface area (Å²) in [6.45, 7) is 9.82. The maximum Gasteiger partial charge on any atom is 0.141 e. The van der Waals surface area contributed by atoms with E-state index in [1.165, 1.54) is 6.33 Å². The number of aromatic amines is 1. The third kappa shape index (κ3) is 3.87. The first-order valence-electron chi connectivity index (χ1n) is 5.08. The van der Waals surface area contributed by atoms with Crippen molar-refractivity contribution in [1.29, 1.82) is 0 Å². The Morgan fingerprint density at radius 1 is 1.50 bits per heavy atom. The quantitative estimate of drug-likeness (QED) is 0.773. The van der Waals surface area contributed by atoms with E-state index in [-0.39, 0.29) is 6.04 Å². The maximum absolute atomic E-state index is 4.10. The zero-order valence-corrected chi connectivity index (χ0v) is 9.46. The van der Waals surface area contributed by atoms with E-state index in [9.17, 15) is 0 Å². The first-order valence-corrected chi connectivity index (χ1v) is 5.08. The Balaban J connectivity index is 2.26. The second-order valence-electron chi connectivity index (χ2n) is 4.86. The van der Waals surface area contributed by atoms with E-state index < -0.39 is 0 Å². The minimum Gasteiger partial charge on any atom is -0.308 e. The highest BCUT2D eigenvalue weighted by Crippen LogP contribution is 2.17. The van der Waals surface area contributed by atoms with Gasteiger partial charge < -0.3 is 5.32 Å². The van der Waals surface area contributed by atoms with E-state index in [0.29, 0.717) is 5.41 Å². The molecule has 4 heteroatoms. The Labute approximate surface area is 85.5 Å². The van der Waals surface area contributed by atoms with Crippen molar-refractivity contribution < 1.29 is 0 Å². The smallest absolute Gasteiger partial charge is 0.141 e. The van der Waals surface area contributed by atoms with Crippen LogP contribution in [0.15, 0.2) is 6.33 Å². The molecule has 0 aliphatic rings. The monoisotopic (exact) mass is 196 g/mol. The average molecular weight is 196 g/mol. The Bertz CT molecular complexity index is 248. The predicted octanol–water partition coefficient (Wildman–Crippen LogP) is 1.89. The van der Waals surface area contributed by atoms with Crippen molar-refractivity contribution in [3.05, 3.63) is 12.2 Å². The van der Waals surface area contributed by atoms with Crippen molar-refractivity contribution in [3.63, 3.8) is 0 Å². The fourth-order valence-corrected chi connectivity index (χ4v) is 1.18. The lowest BCUT2D eigenvalue weighted by atomic mass is 9.92. The normalized spacial score (nSPS) is 14.3. The van der Waals surface area contributed by atoms with Gasteiger partial charge in [-0.3, -0.25) is 5.10 Å². The molecule has 1 rings (SSSR count). The van der Waals surface area contributed by atoms with E-state index in [2.05, 4.69) is 48.2 Å². The first-order chi connectivity index (χ1) is 6.49. The number of rotatable bonds is 4. The molecule has 1 unspecified atom stereocenters. The molecule has 0 spiro atoms. The molecule has 0 aromatic carbocycles. The minimum absolute atomic E-state index is 0.250. The molecule has 0 saturated carbocycles. The van der Waals surface area contributed by atoms with Crippen molar-refractivity contribution >= 4 is 0 Å². The number of hydrogen-bond acceptors (Lipinski definition) is 3. The summed E-state index contributed by atoms with van der Waals surface area (Å²) >= 11 is 0. The Hall–Kier alpha value is -0.900. The van der Waals surface area contributed by atoms with Gasteiger partial charge in [0.15, 0.2) is 0 Å². The van der Waals surface area contributed by atoms with Crippen LogP contribution in [-0.2, 0) is 0 Å². The van der Waals surface area contributed by atoms with Gasteiger partial charge in [0.05, 0.1) is 6.04 Å². The van der Waals surface area contributed by atoms with Gasteiger partial charge in [-0.25, -0.2) is 4.98 Å². The zero-order chi connectivity index (χ0) is 10.6. The molecular weight excluding hydrogens is 176 g/mol. The third-order valence-corrected chi connectivity index (χ3v) is 2.17. The second kappa shape index (κ2) is 4.55. The number of hydrogen-bond donors (Lipinski definition) is 2. The molecule has 1 heterocycles. The van der Waals surface area contributed by atoms with E-state index in [0.717, 1.165) is 18.8 Å². The summed E-state index contributed by atoms with van der Waals surface area (Å²) in [6.07, 6.45) is 2.70. The van der Waals surface area contributed by atoms with Crippen molar-refractivity contribution in [3.8, 4) is 0 Å². The van der Waals surface area contributed by atoms with E-state index in [1.807, 2.05) is 0 Å². The lowest BCUT2D eigenvalue weighted by Crippen LogP contribution is -2.24. The second-order valence-corrected chi connectivity index (χ2v) is 4.86. The van der Waals surface area contributed by atoms with Crippen LogP contribution in [0.3, 0.4) is 0 Å². The molecule has 80 valence electrons. The molecule has 0 saturated heterocycles. The Morgan fingerprint density at radius 3 is 2.71 bits per heavy atom. The molecule has 0 fully saturated rings. The average Bonchev–Trinajstić information content (AvgIpc) is 2.53. The summed E-state index contributed by atoms with van der Waals surface area (Å²) in [5, 5.41) is 10.1. The standard InChI is InChI=1S/C10H20N4/c1-8(9-12-7-13-14-9)11-6-5-10(2,3)4/h7-8,11H,5-6H2,1-4H3,(H,12,13,14). The molecule has 0 radical (unpaired) electrons. The van der Waals surface area contributed by atoms with Crippen LogP contribution in [-0.4, -0.2) is 21.7 Å². The summed E-state index contributed by atoms with van der Waals surface area (Å²) in [4.78, 5) is 4.10. The molecule has 0 aliphatic carbocycles. The summed E-state index contributed by atoms with van der Waals surface area (Å²) in [5.41, 5.74) is 0.383. The van der Waals surface area contributed by atoms with Gasteiger partial charge in [0, 0.05) is 0 Å². The fraction of sp³-hybridized carbons (Fsp3) is 0.800. The number of nitrogens with zero attached hydrogens (tertiary/aromatic N) is 2. The van der Waals surface area contributed by atoms with Crippen LogP contribution in [0.2, 0.25) is 0 Å². The summed E-state index contributed by atoms with van der Waals surface area (Å²) in [5.74, 6) is 0.902. The molecule has 1 aromatic heterocycles. The minimum atomic E-state index is 0.250. The molecule has 1 aromatic rings. The largest absolute Gasteiger partial charge is 0.308 e. The van der Waals surface area contributed by atoms with Crippen LogP contribution in [0.25, 0.3) is 0 Å². The van der Waals surface area contributed by atoms with E-state index in [1.54, 1.807) is 0 Å². The van der Waals surface area contributed by atoms with Gasteiger partial charge in [-0.1, -0.05) is 20.8 Å². The van der Waals surface area contributed by atoms with Gasteiger partial charge in [-0.05, 0) is 25.3 Å². The van der Waals surface area contributed by atoms with Crippen molar-refractivity contribution in [2.45, 2.75) is 40.2 Å². The molecule has 0 aliphatic heterocycles. The van der Waals surface area contributed by atoms with Crippen LogP contribution in [0.5, 0.6) is 0 Å². The van der Waals surface area contributed by atoms with Crippen LogP contribution in [0, 0.1) is 5.41 Å². The lowest BCUT2D eigenvalue weighted by Gasteiger charge is -2.19. The van der Waals surface area contributed by atoms with Crippen molar-refractivity contribution in [2.24, 2.45) is 5.41 Å². The van der Waals surface area contributed by atoms with Crippen LogP contribution < -0.4 is 5.32 Å². The lowest BCUT2D eigenvalue weighted by molar-refractivity contribution is 0.356.